The molecule has 0 aromatic rings. The van der Waals surface area contributed by atoms with Crippen LogP contribution in [0, 0.1) is 41.9 Å². The van der Waals surface area contributed by atoms with Crippen LogP contribution in [0.25, 0.3) is 0 Å². The van der Waals surface area contributed by atoms with Gasteiger partial charge < -0.3 is 9.84 Å². The highest BCUT2D eigenvalue weighted by molar-refractivity contribution is 5.20. The van der Waals surface area contributed by atoms with Gasteiger partial charge >= 0.3 is 0 Å². The van der Waals surface area contributed by atoms with Crippen LogP contribution in [0.3, 0.4) is 0 Å². The summed E-state index contributed by atoms with van der Waals surface area (Å²) in [6.07, 6.45) is 10.3. The second-order valence-corrected chi connectivity index (χ2v) is 4.04. The van der Waals surface area contributed by atoms with Crippen molar-refractivity contribution in [3.05, 3.63) is 0 Å². The summed E-state index contributed by atoms with van der Waals surface area (Å²) in [5.41, 5.74) is 0. The van der Waals surface area contributed by atoms with E-state index in [0.29, 0.717) is 5.92 Å². The molecule has 2 nitrogen and oxygen atoms in total. The van der Waals surface area contributed by atoms with E-state index in [0.717, 1.165) is 12.8 Å². The molecule has 0 amide bonds. The van der Waals surface area contributed by atoms with Crippen molar-refractivity contribution in [3.8, 4) is 36.0 Å². The Kier molecular flexibility index (Phi) is 7.01. The number of hydrogen-bond donors (Lipinski definition) is 1. The predicted molar refractivity (Wildman–Crippen MR) is 67.8 cm³/mol. The van der Waals surface area contributed by atoms with Crippen LogP contribution in [-0.2, 0) is 4.74 Å². The molecule has 1 rings (SSSR count). The molecule has 1 aliphatic rings. The smallest absolute Gasteiger partial charge is 0.176 e. The Morgan fingerprint density at radius 2 is 1.94 bits per heavy atom. The summed E-state index contributed by atoms with van der Waals surface area (Å²) in [5, 5.41) is 9.49. The minimum atomic E-state index is -0.869. The van der Waals surface area contributed by atoms with Crippen molar-refractivity contribution in [2.75, 3.05) is 13.2 Å². The summed E-state index contributed by atoms with van der Waals surface area (Å²) in [5.74, 6) is 14.0. The Bertz CT molecular complexity index is 364. The fourth-order valence-electron chi connectivity index (χ4n) is 1.78. The third-order valence-electron chi connectivity index (χ3n) is 2.63. The molecule has 90 valence electrons. The first-order chi connectivity index (χ1) is 8.33. The highest BCUT2D eigenvalue weighted by atomic mass is 16.5. The van der Waals surface area contributed by atoms with Crippen LogP contribution in [0.2, 0.25) is 0 Å². The van der Waals surface area contributed by atoms with E-state index >= 15 is 0 Å². The summed E-state index contributed by atoms with van der Waals surface area (Å²) in [6.45, 7) is 0.491. The van der Waals surface area contributed by atoms with Crippen molar-refractivity contribution < 1.29 is 9.84 Å². The van der Waals surface area contributed by atoms with Gasteiger partial charge in [0.15, 0.2) is 6.10 Å². The molecule has 0 spiro atoms. The zero-order valence-corrected chi connectivity index (χ0v) is 10.0. The lowest BCUT2D eigenvalue weighted by atomic mass is 9.90. The number of aliphatic hydroxyl groups excluding tert-OH is 1. The second kappa shape index (κ2) is 8.72. The Morgan fingerprint density at radius 1 is 1.18 bits per heavy atom. The summed E-state index contributed by atoms with van der Waals surface area (Å²) in [7, 11) is 0. The first-order valence-electron chi connectivity index (χ1n) is 6.01. The molecule has 1 unspecified atom stereocenters. The van der Waals surface area contributed by atoms with Crippen molar-refractivity contribution in [2.24, 2.45) is 5.92 Å². The molecule has 2 heteroatoms. The van der Waals surface area contributed by atoms with Gasteiger partial charge in [0.25, 0.3) is 0 Å². The number of aliphatic hydroxyl groups is 1. The molecule has 1 fully saturated rings. The molecular formula is C15H18O2. The van der Waals surface area contributed by atoms with Gasteiger partial charge in [0.1, 0.15) is 13.2 Å². The van der Waals surface area contributed by atoms with Crippen molar-refractivity contribution in [1.29, 1.82) is 0 Å². The van der Waals surface area contributed by atoms with Gasteiger partial charge in [-0.05, 0) is 12.8 Å². The minimum absolute atomic E-state index is 0.242. The average Bonchev–Trinajstić information content (AvgIpc) is 2.37. The predicted octanol–water partition coefficient (Wildman–Crippen LogP) is 1.58. The number of hydrogen-bond acceptors (Lipinski definition) is 2. The molecule has 1 atom stereocenters. The van der Waals surface area contributed by atoms with Crippen LogP contribution in [-0.4, -0.2) is 24.4 Å². The summed E-state index contributed by atoms with van der Waals surface area (Å²) in [4.78, 5) is 0. The zero-order chi connectivity index (χ0) is 12.3. The fraction of sp³-hybridized carbons (Fsp3) is 0.600. The maximum absolute atomic E-state index is 9.49. The van der Waals surface area contributed by atoms with Gasteiger partial charge in [-0.1, -0.05) is 48.9 Å². The monoisotopic (exact) mass is 230 g/mol. The highest BCUT2D eigenvalue weighted by Gasteiger charge is 2.09. The number of ether oxygens (including phenoxy) is 1. The Labute approximate surface area is 104 Å². The topological polar surface area (TPSA) is 29.5 Å². The van der Waals surface area contributed by atoms with Gasteiger partial charge in [-0.15, -0.1) is 6.42 Å². The van der Waals surface area contributed by atoms with Crippen molar-refractivity contribution >= 4 is 0 Å². The summed E-state index contributed by atoms with van der Waals surface area (Å²) >= 11 is 0. The first-order valence-corrected chi connectivity index (χ1v) is 6.01. The van der Waals surface area contributed by atoms with Gasteiger partial charge in [-0.3, -0.25) is 0 Å². The number of terminal acetylenes is 1. The molecule has 0 aromatic heterocycles. The third kappa shape index (κ3) is 6.70. The fourth-order valence-corrected chi connectivity index (χ4v) is 1.78. The van der Waals surface area contributed by atoms with Crippen LogP contribution < -0.4 is 0 Å². The largest absolute Gasteiger partial charge is 0.369 e. The second-order valence-electron chi connectivity index (χ2n) is 4.04. The van der Waals surface area contributed by atoms with Crippen molar-refractivity contribution in [1.82, 2.24) is 0 Å². The highest BCUT2D eigenvalue weighted by Crippen LogP contribution is 2.22. The first kappa shape index (κ1) is 13.7. The van der Waals surface area contributed by atoms with E-state index in [1.54, 1.807) is 0 Å². The molecule has 0 saturated heterocycles. The van der Waals surface area contributed by atoms with Gasteiger partial charge in [-0.25, -0.2) is 0 Å². The van der Waals surface area contributed by atoms with Crippen LogP contribution in [0.4, 0.5) is 0 Å². The molecule has 0 aliphatic heterocycles. The van der Waals surface area contributed by atoms with E-state index in [1.165, 1.54) is 19.3 Å². The molecule has 1 N–H and O–H groups in total. The Hall–Kier alpha value is -1.40. The van der Waals surface area contributed by atoms with E-state index in [4.69, 9.17) is 11.2 Å². The van der Waals surface area contributed by atoms with Gasteiger partial charge in [0.2, 0.25) is 0 Å². The summed E-state index contributed by atoms with van der Waals surface area (Å²) < 4.78 is 4.96. The number of rotatable bonds is 2. The van der Waals surface area contributed by atoms with Gasteiger partial charge in [0, 0.05) is 5.92 Å². The van der Waals surface area contributed by atoms with Crippen molar-refractivity contribution in [2.45, 2.75) is 38.2 Å². The molecule has 1 saturated carbocycles. The molecule has 0 aromatic carbocycles. The van der Waals surface area contributed by atoms with Crippen molar-refractivity contribution in [3.63, 3.8) is 0 Å². The molecule has 1 aliphatic carbocycles. The minimum Gasteiger partial charge on any atom is -0.369 e. The molecule has 0 radical (unpaired) electrons. The standard InChI is InChI=1S/C15H18O2/c1-2-12-17-13-6-9-15(16)11-10-14-7-4-3-5-8-14/h1,14-16H,3-5,7-8,12-13H2. The van der Waals surface area contributed by atoms with E-state index in [1.807, 2.05) is 0 Å². The van der Waals surface area contributed by atoms with E-state index in [-0.39, 0.29) is 13.2 Å². The maximum atomic E-state index is 9.49. The Morgan fingerprint density at radius 3 is 2.65 bits per heavy atom. The van der Waals surface area contributed by atoms with Crippen LogP contribution in [0.1, 0.15) is 32.1 Å². The molecule has 17 heavy (non-hydrogen) atoms. The quantitative estimate of drug-likeness (QED) is 0.576. The molecular weight excluding hydrogens is 212 g/mol. The normalized spacial score (nSPS) is 16.9. The maximum Gasteiger partial charge on any atom is 0.176 e. The van der Waals surface area contributed by atoms with E-state index in [2.05, 4.69) is 29.6 Å². The van der Waals surface area contributed by atoms with Gasteiger partial charge in [-0.2, -0.15) is 0 Å². The summed E-state index contributed by atoms with van der Waals surface area (Å²) in [6, 6.07) is 0. The van der Waals surface area contributed by atoms with Gasteiger partial charge in [0.05, 0.1) is 0 Å². The lowest BCUT2D eigenvalue weighted by molar-refractivity contribution is 0.204. The zero-order valence-electron chi connectivity index (χ0n) is 10.0. The lowest BCUT2D eigenvalue weighted by Gasteiger charge is -2.15. The molecule has 0 bridgehead atoms. The molecule has 0 heterocycles. The van der Waals surface area contributed by atoms with Crippen LogP contribution in [0.5, 0.6) is 0 Å². The van der Waals surface area contributed by atoms with Crippen LogP contribution in [0.15, 0.2) is 0 Å². The SMILES string of the molecule is C#CCOCC#CC(O)C#CC1CCCCC1. The average molecular weight is 230 g/mol. The van der Waals surface area contributed by atoms with E-state index in [9.17, 15) is 5.11 Å². The Balaban J connectivity index is 2.25. The lowest BCUT2D eigenvalue weighted by Crippen LogP contribution is -2.05. The van der Waals surface area contributed by atoms with Crippen LogP contribution >= 0.6 is 0 Å². The van der Waals surface area contributed by atoms with E-state index < -0.39 is 6.10 Å². The third-order valence-corrected chi connectivity index (χ3v) is 2.63.